The average Bonchev–Trinajstić information content (AvgIpc) is 2.85. The number of nitrogens with zero attached hydrogens (tertiary/aromatic N) is 4. The zero-order valence-electron chi connectivity index (χ0n) is 8.13. The standard InChI is InChI=1S/C9H11N5O/c10-8-7-9(12-4-11-8)14(5-13-7)6-2-1-3-15-6/h4-6H,1-3H2,(H2,10,11,12)/t6-/m1/s1. The third kappa shape index (κ3) is 1.25. The van der Waals surface area contributed by atoms with Crippen LogP contribution in [0.5, 0.6) is 0 Å². The molecule has 1 fully saturated rings. The van der Waals surface area contributed by atoms with Crippen molar-refractivity contribution in [3.8, 4) is 0 Å². The lowest BCUT2D eigenvalue weighted by molar-refractivity contribution is 0.0593. The first kappa shape index (κ1) is 8.60. The van der Waals surface area contributed by atoms with Crippen molar-refractivity contribution in [3.05, 3.63) is 12.7 Å². The zero-order chi connectivity index (χ0) is 10.3. The van der Waals surface area contributed by atoms with Gasteiger partial charge in [-0.1, -0.05) is 0 Å². The molecule has 0 amide bonds. The highest BCUT2D eigenvalue weighted by Crippen LogP contribution is 2.26. The number of aromatic nitrogens is 4. The van der Waals surface area contributed by atoms with Gasteiger partial charge in [0.05, 0.1) is 6.33 Å². The third-order valence-electron chi connectivity index (χ3n) is 2.60. The summed E-state index contributed by atoms with van der Waals surface area (Å²) in [4.78, 5) is 12.3. The van der Waals surface area contributed by atoms with Crippen LogP contribution in [0.2, 0.25) is 0 Å². The molecule has 15 heavy (non-hydrogen) atoms. The minimum Gasteiger partial charge on any atom is -0.382 e. The summed E-state index contributed by atoms with van der Waals surface area (Å²) in [6.45, 7) is 0.797. The summed E-state index contributed by atoms with van der Waals surface area (Å²) in [7, 11) is 0. The van der Waals surface area contributed by atoms with Crippen LogP contribution >= 0.6 is 0 Å². The van der Waals surface area contributed by atoms with Gasteiger partial charge in [0.25, 0.3) is 0 Å². The molecule has 0 unspecified atom stereocenters. The van der Waals surface area contributed by atoms with Gasteiger partial charge in [0.15, 0.2) is 11.5 Å². The maximum atomic E-state index is 5.70. The molecule has 78 valence electrons. The maximum absolute atomic E-state index is 5.70. The van der Waals surface area contributed by atoms with Crippen LogP contribution in [0, 0.1) is 0 Å². The molecule has 0 aromatic carbocycles. The predicted octanol–water partition coefficient (Wildman–Crippen LogP) is 0.717. The molecule has 0 bridgehead atoms. The van der Waals surface area contributed by atoms with Crippen LogP contribution in [0.4, 0.5) is 5.82 Å². The van der Waals surface area contributed by atoms with E-state index >= 15 is 0 Å². The number of nitrogens with two attached hydrogens (primary N) is 1. The first-order valence-electron chi connectivity index (χ1n) is 4.91. The SMILES string of the molecule is Nc1ncnc2c1ncn2[C@H]1CCCO1. The smallest absolute Gasteiger partial charge is 0.167 e. The second kappa shape index (κ2) is 3.16. The fourth-order valence-corrected chi connectivity index (χ4v) is 1.86. The molecular weight excluding hydrogens is 194 g/mol. The number of fused-ring (bicyclic) bond motifs is 1. The molecule has 1 aliphatic rings. The van der Waals surface area contributed by atoms with Crippen LogP contribution in [-0.4, -0.2) is 26.1 Å². The van der Waals surface area contributed by atoms with E-state index in [-0.39, 0.29) is 6.23 Å². The van der Waals surface area contributed by atoms with Crippen LogP contribution in [0.3, 0.4) is 0 Å². The number of hydrogen-bond acceptors (Lipinski definition) is 5. The summed E-state index contributed by atoms with van der Waals surface area (Å²) in [6, 6.07) is 0. The molecule has 2 aromatic rings. The molecule has 6 heteroatoms. The van der Waals surface area contributed by atoms with Gasteiger partial charge in [0, 0.05) is 6.61 Å². The summed E-state index contributed by atoms with van der Waals surface area (Å²) < 4.78 is 7.48. The fourth-order valence-electron chi connectivity index (χ4n) is 1.86. The highest BCUT2D eigenvalue weighted by molar-refractivity contribution is 5.81. The van der Waals surface area contributed by atoms with Gasteiger partial charge in [0.1, 0.15) is 18.1 Å². The quantitative estimate of drug-likeness (QED) is 0.742. The van der Waals surface area contributed by atoms with Crippen molar-refractivity contribution in [1.82, 2.24) is 19.5 Å². The van der Waals surface area contributed by atoms with Crippen LogP contribution in [-0.2, 0) is 4.74 Å². The van der Waals surface area contributed by atoms with Crippen molar-refractivity contribution < 1.29 is 4.74 Å². The van der Waals surface area contributed by atoms with Crippen molar-refractivity contribution >= 4 is 17.0 Å². The lowest BCUT2D eigenvalue weighted by Crippen LogP contribution is -2.06. The van der Waals surface area contributed by atoms with Gasteiger partial charge in [0.2, 0.25) is 0 Å². The molecule has 0 saturated carbocycles. The molecule has 1 atom stereocenters. The predicted molar refractivity (Wildman–Crippen MR) is 54.0 cm³/mol. The first-order chi connectivity index (χ1) is 7.36. The lowest BCUT2D eigenvalue weighted by Gasteiger charge is -2.10. The van der Waals surface area contributed by atoms with Gasteiger partial charge >= 0.3 is 0 Å². The molecule has 0 aliphatic carbocycles. The van der Waals surface area contributed by atoms with Crippen molar-refractivity contribution in [2.24, 2.45) is 0 Å². The summed E-state index contributed by atoms with van der Waals surface area (Å²) in [5.74, 6) is 0.414. The third-order valence-corrected chi connectivity index (χ3v) is 2.60. The van der Waals surface area contributed by atoms with Crippen molar-refractivity contribution in [1.29, 1.82) is 0 Å². The Bertz CT molecular complexity index is 488. The monoisotopic (exact) mass is 205 g/mol. The van der Waals surface area contributed by atoms with E-state index < -0.39 is 0 Å². The highest BCUT2D eigenvalue weighted by atomic mass is 16.5. The zero-order valence-corrected chi connectivity index (χ0v) is 8.13. The van der Waals surface area contributed by atoms with E-state index in [4.69, 9.17) is 10.5 Å². The van der Waals surface area contributed by atoms with Crippen molar-refractivity contribution in [2.75, 3.05) is 12.3 Å². The van der Waals surface area contributed by atoms with Gasteiger partial charge in [-0.05, 0) is 12.8 Å². The fraction of sp³-hybridized carbons (Fsp3) is 0.444. The van der Waals surface area contributed by atoms with E-state index in [1.807, 2.05) is 4.57 Å². The Morgan fingerprint density at radius 2 is 2.33 bits per heavy atom. The Kier molecular flexibility index (Phi) is 1.81. The summed E-state index contributed by atoms with van der Waals surface area (Å²) in [5, 5.41) is 0. The minimum atomic E-state index is 0.0456. The number of anilines is 1. The van der Waals surface area contributed by atoms with Crippen molar-refractivity contribution in [2.45, 2.75) is 19.1 Å². The number of imidazole rings is 1. The number of rotatable bonds is 1. The Balaban J connectivity index is 2.15. The average molecular weight is 205 g/mol. The van der Waals surface area contributed by atoms with E-state index in [1.54, 1.807) is 6.33 Å². The largest absolute Gasteiger partial charge is 0.382 e. The normalized spacial score (nSPS) is 21.2. The van der Waals surface area contributed by atoms with E-state index in [1.165, 1.54) is 6.33 Å². The molecular formula is C9H11N5O. The van der Waals surface area contributed by atoms with E-state index in [0.717, 1.165) is 25.1 Å². The number of hydrogen-bond donors (Lipinski definition) is 1. The summed E-state index contributed by atoms with van der Waals surface area (Å²) in [5.41, 5.74) is 7.09. The van der Waals surface area contributed by atoms with Gasteiger partial charge in [-0.25, -0.2) is 15.0 Å². The van der Waals surface area contributed by atoms with Crippen LogP contribution in [0.15, 0.2) is 12.7 Å². The Labute approximate surface area is 86.1 Å². The molecule has 0 radical (unpaired) electrons. The molecule has 6 nitrogen and oxygen atoms in total. The minimum absolute atomic E-state index is 0.0456. The van der Waals surface area contributed by atoms with E-state index in [2.05, 4.69) is 15.0 Å². The lowest BCUT2D eigenvalue weighted by atomic mass is 10.3. The highest BCUT2D eigenvalue weighted by Gasteiger charge is 2.20. The second-order valence-corrected chi connectivity index (χ2v) is 3.55. The molecule has 1 aliphatic heterocycles. The van der Waals surface area contributed by atoms with Crippen molar-refractivity contribution in [3.63, 3.8) is 0 Å². The van der Waals surface area contributed by atoms with Gasteiger partial charge < -0.3 is 10.5 Å². The maximum Gasteiger partial charge on any atom is 0.167 e. The van der Waals surface area contributed by atoms with Crippen LogP contribution in [0.1, 0.15) is 19.1 Å². The van der Waals surface area contributed by atoms with Gasteiger partial charge in [-0.2, -0.15) is 0 Å². The summed E-state index contributed by atoms with van der Waals surface area (Å²) in [6.07, 6.45) is 5.28. The topological polar surface area (TPSA) is 78.9 Å². The van der Waals surface area contributed by atoms with Crippen LogP contribution in [0.25, 0.3) is 11.2 Å². The van der Waals surface area contributed by atoms with Crippen LogP contribution < -0.4 is 5.73 Å². The van der Waals surface area contributed by atoms with Gasteiger partial charge in [-0.3, -0.25) is 4.57 Å². The first-order valence-corrected chi connectivity index (χ1v) is 4.91. The van der Waals surface area contributed by atoms with Gasteiger partial charge in [-0.15, -0.1) is 0 Å². The Morgan fingerprint density at radius 3 is 3.13 bits per heavy atom. The Hall–Kier alpha value is -1.69. The Morgan fingerprint density at radius 1 is 1.40 bits per heavy atom. The summed E-state index contributed by atoms with van der Waals surface area (Å²) >= 11 is 0. The van der Waals surface area contributed by atoms with E-state index in [0.29, 0.717) is 11.3 Å². The number of nitrogen functional groups attached to an aromatic ring is 1. The molecule has 3 rings (SSSR count). The molecule has 2 N–H and O–H groups in total. The second-order valence-electron chi connectivity index (χ2n) is 3.55. The molecule has 2 aromatic heterocycles. The molecule has 1 saturated heterocycles. The number of ether oxygens (including phenoxy) is 1. The van der Waals surface area contributed by atoms with E-state index in [9.17, 15) is 0 Å². The molecule has 3 heterocycles. The molecule has 0 spiro atoms.